The molecule has 0 unspecified atom stereocenters. The number of aryl methyl sites for hydroxylation is 2. The summed E-state index contributed by atoms with van der Waals surface area (Å²) in [4.78, 5) is 25.9. The first-order valence-corrected chi connectivity index (χ1v) is 10.2. The summed E-state index contributed by atoms with van der Waals surface area (Å²) >= 11 is 1.40. The van der Waals surface area contributed by atoms with Crippen LogP contribution in [0.3, 0.4) is 0 Å². The molecular formula is C21H26N2O3S. The lowest BCUT2D eigenvalue weighted by atomic mass is 9.96. The molecule has 1 aromatic carbocycles. The van der Waals surface area contributed by atoms with E-state index in [0.29, 0.717) is 10.6 Å². The maximum Gasteiger partial charge on any atom is 0.341 e. The quantitative estimate of drug-likeness (QED) is 0.703. The zero-order valence-electron chi connectivity index (χ0n) is 16.1. The Bertz CT molecular complexity index is 821. The Morgan fingerprint density at radius 2 is 1.74 bits per heavy atom. The molecule has 3 rings (SSSR count). The van der Waals surface area contributed by atoms with Crippen LogP contribution < -0.4 is 10.6 Å². The number of benzene rings is 1. The molecule has 0 atom stereocenters. The summed E-state index contributed by atoms with van der Waals surface area (Å²) in [5.41, 5.74) is 3.33. The lowest BCUT2D eigenvalue weighted by Gasteiger charge is -2.22. The normalized spacial score (nSPS) is 14.6. The Hall–Kier alpha value is -2.34. The largest absolute Gasteiger partial charge is 0.465 e. The summed E-state index contributed by atoms with van der Waals surface area (Å²) < 4.78 is 5.00. The van der Waals surface area contributed by atoms with Crippen molar-refractivity contribution in [3.63, 3.8) is 0 Å². The van der Waals surface area contributed by atoms with E-state index >= 15 is 0 Å². The second-order valence-corrected chi connectivity index (χ2v) is 8.25. The van der Waals surface area contributed by atoms with Gasteiger partial charge in [0.05, 0.1) is 7.11 Å². The Balaban J connectivity index is 1.88. The third kappa shape index (κ3) is 4.50. The van der Waals surface area contributed by atoms with Crippen LogP contribution in [0.4, 0.5) is 9.80 Å². The third-order valence-corrected chi connectivity index (χ3v) is 6.00. The molecular weight excluding hydrogens is 360 g/mol. The van der Waals surface area contributed by atoms with Gasteiger partial charge in [-0.2, -0.15) is 0 Å². The van der Waals surface area contributed by atoms with E-state index in [0.717, 1.165) is 47.3 Å². The van der Waals surface area contributed by atoms with E-state index in [2.05, 4.69) is 10.6 Å². The second-order valence-electron chi connectivity index (χ2n) is 7.03. The Morgan fingerprint density at radius 1 is 1.07 bits per heavy atom. The van der Waals surface area contributed by atoms with E-state index in [1.165, 1.54) is 24.9 Å². The molecule has 5 nitrogen and oxygen atoms in total. The number of carbonyl (C=O) groups excluding carboxylic acids is 2. The van der Waals surface area contributed by atoms with Gasteiger partial charge < -0.3 is 10.1 Å². The number of carbonyl (C=O) groups is 2. The maximum atomic E-state index is 12.5. The SMILES string of the molecule is COC(=O)c1c(NC(=O)NC2CCCCC2)sc(C)c1-c1ccc(C)cc1. The van der Waals surface area contributed by atoms with Crippen LogP contribution in [0.5, 0.6) is 0 Å². The van der Waals surface area contributed by atoms with Gasteiger partial charge in [0.25, 0.3) is 0 Å². The van der Waals surface area contributed by atoms with Crippen LogP contribution in [-0.2, 0) is 4.74 Å². The third-order valence-electron chi connectivity index (χ3n) is 4.98. The van der Waals surface area contributed by atoms with Crippen LogP contribution in [-0.4, -0.2) is 25.2 Å². The average Bonchev–Trinajstić information content (AvgIpc) is 2.98. The fourth-order valence-corrected chi connectivity index (χ4v) is 4.63. The topological polar surface area (TPSA) is 67.4 Å². The number of thiophene rings is 1. The van der Waals surface area contributed by atoms with E-state index in [-0.39, 0.29) is 12.1 Å². The van der Waals surface area contributed by atoms with Gasteiger partial charge in [-0.05, 0) is 32.3 Å². The minimum Gasteiger partial charge on any atom is -0.465 e. The maximum absolute atomic E-state index is 12.5. The highest BCUT2D eigenvalue weighted by Crippen LogP contribution is 2.40. The Kier molecular flexibility index (Phi) is 6.16. The van der Waals surface area contributed by atoms with Gasteiger partial charge in [0.1, 0.15) is 10.6 Å². The smallest absolute Gasteiger partial charge is 0.341 e. The molecule has 1 aliphatic rings. The molecule has 27 heavy (non-hydrogen) atoms. The van der Waals surface area contributed by atoms with Gasteiger partial charge in [-0.25, -0.2) is 9.59 Å². The summed E-state index contributed by atoms with van der Waals surface area (Å²) in [5, 5.41) is 6.45. The van der Waals surface area contributed by atoms with Crippen molar-refractivity contribution in [1.29, 1.82) is 0 Å². The van der Waals surface area contributed by atoms with Crippen molar-refractivity contribution < 1.29 is 14.3 Å². The fourth-order valence-electron chi connectivity index (χ4n) is 3.57. The number of esters is 1. The molecule has 0 bridgehead atoms. The molecule has 1 heterocycles. The van der Waals surface area contributed by atoms with Gasteiger partial charge in [-0.15, -0.1) is 11.3 Å². The van der Waals surface area contributed by atoms with Crippen molar-refractivity contribution in [2.75, 3.05) is 12.4 Å². The van der Waals surface area contributed by atoms with Gasteiger partial charge in [-0.3, -0.25) is 5.32 Å². The average molecular weight is 387 g/mol. The fraction of sp³-hybridized carbons (Fsp3) is 0.429. The number of hydrogen-bond acceptors (Lipinski definition) is 4. The van der Waals surface area contributed by atoms with Crippen LogP contribution in [0.25, 0.3) is 11.1 Å². The van der Waals surface area contributed by atoms with E-state index in [4.69, 9.17) is 4.74 Å². The van der Waals surface area contributed by atoms with E-state index in [1.807, 2.05) is 38.1 Å². The number of nitrogens with one attached hydrogen (secondary N) is 2. The predicted octanol–water partition coefficient (Wildman–Crippen LogP) is 5.27. The molecule has 2 amide bonds. The molecule has 0 saturated heterocycles. The van der Waals surface area contributed by atoms with Crippen molar-refractivity contribution in [2.45, 2.75) is 52.0 Å². The minimum atomic E-state index is -0.442. The molecule has 2 aromatic rings. The van der Waals surface area contributed by atoms with E-state index < -0.39 is 5.97 Å². The molecule has 2 N–H and O–H groups in total. The lowest BCUT2D eigenvalue weighted by Crippen LogP contribution is -2.39. The van der Waals surface area contributed by atoms with Crippen LogP contribution >= 0.6 is 11.3 Å². The molecule has 0 spiro atoms. The minimum absolute atomic E-state index is 0.206. The molecule has 6 heteroatoms. The number of anilines is 1. The van der Waals surface area contributed by atoms with Crippen molar-refractivity contribution in [2.24, 2.45) is 0 Å². The standard InChI is InChI=1S/C21H26N2O3S/c1-13-9-11-15(12-10-13)17-14(2)27-19(18(17)20(24)26-3)23-21(25)22-16-7-5-4-6-8-16/h9-12,16H,4-8H2,1-3H3,(H2,22,23,25). The first kappa shape index (κ1) is 19.4. The summed E-state index contributed by atoms with van der Waals surface area (Å²) in [7, 11) is 1.36. The van der Waals surface area contributed by atoms with Crippen molar-refractivity contribution in [3.05, 3.63) is 40.3 Å². The highest BCUT2D eigenvalue weighted by atomic mass is 32.1. The number of ether oxygens (including phenoxy) is 1. The number of amides is 2. The van der Waals surface area contributed by atoms with Crippen LogP contribution in [0.1, 0.15) is 52.9 Å². The van der Waals surface area contributed by atoms with Crippen molar-refractivity contribution in [1.82, 2.24) is 5.32 Å². The Morgan fingerprint density at radius 3 is 2.37 bits per heavy atom. The van der Waals surface area contributed by atoms with Gasteiger partial charge in [-0.1, -0.05) is 49.1 Å². The number of methoxy groups -OCH3 is 1. The molecule has 0 aliphatic heterocycles. The number of hydrogen-bond donors (Lipinski definition) is 2. The molecule has 144 valence electrons. The van der Waals surface area contributed by atoms with Gasteiger partial charge in [0, 0.05) is 16.5 Å². The highest BCUT2D eigenvalue weighted by molar-refractivity contribution is 7.17. The first-order valence-electron chi connectivity index (χ1n) is 9.36. The predicted molar refractivity (Wildman–Crippen MR) is 110 cm³/mol. The zero-order chi connectivity index (χ0) is 19.4. The van der Waals surface area contributed by atoms with E-state index in [9.17, 15) is 9.59 Å². The van der Waals surface area contributed by atoms with Gasteiger partial charge in [0.2, 0.25) is 0 Å². The zero-order valence-corrected chi connectivity index (χ0v) is 16.9. The summed E-state index contributed by atoms with van der Waals surface area (Å²) in [5.74, 6) is -0.442. The summed E-state index contributed by atoms with van der Waals surface area (Å²) in [6.07, 6.45) is 5.54. The summed E-state index contributed by atoms with van der Waals surface area (Å²) in [6, 6.07) is 7.94. The highest BCUT2D eigenvalue weighted by Gasteiger charge is 2.25. The van der Waals surface area contributed by atoms with Crippen LogP contribution in [0.15, 0.2) is 24.3 Å². The van der Waals surface area contributed by atoms with E-state index in [1.54, 1.807) is 0 Å². The first-order chi connectivity index (χ1) is 13.0. The van der Waals surface area contributed by atoms with Crippen molar-refractivity contribution >= 4 is 28.3 Å². The van der Waals surface area contributed by atoms with Gasteiger partial charge in [0.15, 0.2) is 0 Å². The monoisotopic (exact) mass is 386 g/mol. The number of rotatable bonds is 4. The van der Waals surface area contributed by atoms with Crippen LogP contribution in [0, 0.1) is 13.8 Å². The van der Waals surface area contributed by atoms with Gasteiger partial charge >= 0.3 is 12.0 Å². The molecule has 1 aromatic heterocycles. The van der Waals surface area contributed by atoms with Crippen LogP contribution in [0.2, 0.25) is 0 Å². The van der Waals surface area contributed by atoms with Crippen molar-refractivity contribution in [3.8, 4) is 11.1 Å². The molecule has 0 radical (unpaired) electrons. The molecule has 1 fully saturated rings. The Labute approximate surface area is 164 Å². The lowest BCUT2D eigenvalue weighted by molar-refractivity contribution is 0.0603. The second kappa shape index (κ2) is 8.57. The molecule has 1 aliphatic carbocycles. The number of urea groups is 1. The summed E-state index contributed by atoms with van der Waals surface area (Å²) in [6.45, 7) is 3.98. The molecule has 1 saturated carbocycles.